The van der Waals surface area contributed by atoms with Crippen molar-refractivity contribution in [3.05, 3.63) is 69.4 Å². The van der Waals surface area contributed by atoms with Gasteiger partial charge in [0, 0.05) is 36.2 Å². The zero-order valence-corrected chi connectivity index (χ0v) is 20.4. The highest BCUT2D eigenvalue weighted by molar-refractivity contribution is 7.10. The molecule has 0 saturated carbocycles. The van der Waals surface area contributed by atoms with Crippen LogP contribution in [0.1, 0.15) is 33.0 Å². The molecule has 1 fully saturated rings. The molecule has 0 aliphatic carbocycles. The van der Waals surface area contributed by atoms with Crippen molar-refractivity contribution >= 4 is 28.8 Å². The summed E-state index contributed by atoms with van der Waals surface area (Å²) in [5.41, 5.74) is 2.18. The first-order chi connectivity index (χ1) is 16.9. The number of thiazole rings is 1. The van der Waals surface area contributed by atoms with E-state index in [-0.39, 0.29) is 17.4 Å². The molecular weight excluding hydrogens is 469 g/mol. The average molecular weight is 494 g/mol. The Hall–Kier alpha value is -3.90. The fourth-order valence-electron chi connectivity index (χ4n) is 4.14. The number of amides is 2. The summed E-state index contributed by atoms with van der Waals surface area (Å²) in [4.78, 5) is 34.5. The molecule has 1 aliphatic rings. The van der Waals surface area contributed by atoms with Gasteiger partial charge >= 0.3 is 0 Å². The Morgan fingerprint density at radius 1 is 1.26 bits per heavy atom. The molecule has 1 aromatic heterocycles. The first-order valence-corrected chi connectivity index (χ1v) is 11.8. The molecule has 2 heterocycles. The molecule has 4 rings (SSSR count). The van der Waals surface area contributed by atoms with Gasteiger partial charge < -0.3 is 14.4 Å². The Kier molecular flexibility index (Phi) is 7.03. The van der Waals surface area contributed by atoms with Crippen LogP contribution in [0.3, 0.4) is 0 Å². The summed E-state index contributed by atoms with van der Waals surface area (Å²) >= 11 is 1.18. The number of halogens is 1. The maximum atomic E-state index is 13.7. The highest BCUT2D eigenvalue weighted by atomic mass is 32.1. The van der Waals surface area contributed by atoms with Crippen LogP contribution in [0.25, 0.3) is 0 Å². The summed E-state index contributed by atoms with van der Waals surface area (Å²) < 4.78 is 24.3. The van der Waals surface area contributed by atoms with Crippen LogP contribution in [0.5, 0.6) is 11.5 Å². The topological polar surface area (TPSA) is 72.0 Å². The van der Waals surface area contributed by atoms with Gasteiger partial charge in [-0.15, -0.1) is 17.8 Å². The number of benzene rings is 2. The van der Waals surface area contributed by atoms with Crippen LogP contribution in [0.4, 0.5) is 10.1 Å². The molecule has 35 heavy (non-hydrogen) atoms. The summed E-state index contributed by atoms with van der Waals surface area (Å²) in [6, 6.07) is 8.66. The number of carbonyl (C=O) groups is 2. The summed E-state index contributed by atoms with van der Waals surface area (Å²) in [6.07, 6.45) is 5.86. The molecule has 2 aromatic carbocycles. The van der Waals surface area contributed by atoms with E-state index >= 15 is 0 Å². The van der Waals surface area contributed by atoms with Gasteiger partial charge in [0.2, 0.25) is 5.91 Å². The van der Waals surface area contributed by atoms with Crippen LogP contribution in [-0.4, -0.2) is 48.5 Å². The third kappa shape index (κ3) is 4.84. The van der Waals surface area contributed by atoms with Gasteiger partial charge in [-0.05, 0) is 37.0 Å². The zero-order chi connectivity index (χ0) is 25.1. The molecule has 1 unspecified atom stereocenters. The van der Waals surface area contributed by atoms with Crippen molar-refractivity contribution in [2.24, 2.45) is 0 Å². The van der Waals surface area contributed by atoms with E-state index in [1.807, 2.05) is 6.92 Å². The molecule has 9 heteroatoms. The van der Waals surface area contributed by atoms with Gasteiger partial charge in [-0.3, -0.25) is 14.5 Å². The quantitative estimate of drug-likeness (QED) is 0.465. The average Bonchev–Trinajstić information content (AvgIpc) is 3.49. The molecule has 0 radical (unpaired) electrons. The second-order valence-corrected chi connectivity index (χ2v) is 8.88. The molecule has 180 valence electrons. The predicted octanol–water partition coefficient (Wildman–Crippen LogP) is 4.04. The van der Waals surface area contributed by atoms with Crippen molar-refractivity contribution < 1.29 is 23.5 Å². The number of nitrogens with zero attached hydrogens (tertiary/aromatic N) is 3. The van der Waals surface area contributed by atoms with E-state index in [1.54, 1.807) is 34.5 Å². The lowest BCUT2D eigenvalue weighted by Crippen LogP contribution is -2.45. The third-order valence-corrected chi connectivity index (χ3v) is 6.72. The van der Waals surface area contributed by atoms with Crippen molar-refractivity contribution in [3.63, 3.8) is 0 Å². The molecule has 2 amide bonds. The largest absolute Gasteiger partial charge is 0.496 e. The number of likely N-dealkylation sites (tertiary alicyclic amines) is 1. The number of methoxy groups -OCH3 is 2. The number of carbonyl (C=O) groups excluding carboxylic acids is 2. The molecule has 3 aromatic rings. The van der Waals surface area contributed by atoms with Crippen LogP contribution < -0.4 is 14.4 Å². The van der Waals surface area contributed by atoms with Crippen LogP contribution in [0.15, 0.2) is 41.8 Å². The molecule has 1 saturated heterocycles. The third-order valence-electron chi connectivity index (χ3n) is 5.95. The Bertz CT molecular complexity index is 1270. The van der Waals surface area contributed by atoms with E-state index in [4.69, 9.17) is 15.9 Å². The van der Waals surface area contributed by atoms with Crippen LogP contribution in [0.2, 0.25) is 0 Å². The van der Waals surface area contributed by atoms with Crippen molar-refractivity contribution in [2.75, 3.05) is 25.7 Å². The fraction of sp³-hybridized carbons (Fsp3) is 0.269. The first kappa shape index (κ1) is 24.2. The number of hydrogen-bond donors (Lipinski definition) is 0. The minimum absolute atomic E-state index is 0.159. The lowest BCUT2D eigenvalue weighted by Gasteiger charge is -2.29. The van der Waals surface area contributed by atoms with Gasteiger partial charge in [-0.25, -0.2) is 9.37 Å². The lowest BCUT2D eigenvalue weighted by atomic mass is 10.1. The Morgan fingerprint density at radius 3 is 2.49 bits per heavy atom. The zero-order valence-electron chi connectivity index (χ0n) is 19.6. The Morgan fingerprint density at radius 2 is 1.91 bits per heavy atom. The normalized spacial score (nSPS) is 15.1. The van der Waals surface area contributed by atoms with Crippen molar-refractivity contribution in [3.8, 4) is 23.8 Å². The fourth-order valence-corrected chi connectivity index (χ4v) is 4.74. The highest BCUT2D eigenvalue weighted by Gasteiger charge is 2.40. The smallest absolute Gasteiger partial charge is 0.278 e. The minimum atomic E-state index is -0.768. The van der Waals surface area contributed by atoms with E-state index in [0.29, 0.717) is 41.7 Å². The van der Waals surface area contributed by atoms with Gasteiger partial charge in [0.15, 0.2) is 5.01 Å². The molecule has 1 aliphatic heterocycles. The first-order valence-electron chi connectivity index (χ1n) is 10.9. The summed E-state index contributed by atoms with van der Waals surface area (Å²) in [6.45, 7) is 2.60. The minimum Gasteiger partial charge on any atom is -0.496 e. The van der Waals surface area contributed by atoms with E-state index in [2.05, 4.69) is 10.9 Å². The van der Waals surface area contributed by atoms with Gasteiger partial charge in [-0.2, -0.15) is 0 Å². The Labute approximate surface area is 207 Å². The van der Waals surface area contributed by atoms with Crippen LogP contribution in [0, 0.1) is 25.1 Å². The van der Waals surface area contributed by atoms with E-state index < -0.39 is 11.9 Å². The van der Waals surface area contributed by atoms with Gasteiger partial charge in [0.1, 0.15) is 29.1 Å². The Balaban J connectivity index is 1.72. The van der Waals surface area contributed by atoms with Crippen LogP contribution in [-0.2, 0) is 11.3 Å². The van der Waals surface area contributed by atoms with Crippen molar-refractivity contribution in [1.29, 1.82) is 0 Å². The SMILES string of the molecule is C#Cc1nc(C(=O)N(c2cc(OC)c(C)c(OC)c2)C2CCN(Cc3ccc(F)cc3)C2=O)cs1. The van der Waals surface area contributed by atoms with Crippen LogP contribution >= 0.6 is 11.3 Å². The number of anilines is 1. The molecule has 7 nitrogen and oxygen atoms in total. The predicted molar refractivity (Wildman–Crippen MR) is 131 cm³/mol. The number of ether oxygens (including phenoxy) is 2. The summed E-state index contributed by atoms with van der Waals surface area (Å²) in [5.74, 6) is 2.48. The van der Waals surface area contributed by atoms with Gasteiger partial charge in [-0.1, -0.05) is 12.1 Å². The van der Waals surface area contributed by atoms with E-state index in [0.717, 1.165) is 11.1 Å². The van der Waals surface area contributed by atoms with Crippen molar-refractivity contribution in [2.45, 2.75) is 25.9 Å². The van der Waals surface area contributed by atoms with E-state index in [1.165, 1.54) is 42.6 Å². The number of aromatic nitrogens is 1. The maximum absolute atomic E-state index is 13.7. The standard InChI is InChI=1S/C26H24FN3O4S/c1-5-24-28-20(15-35-24)25(31)30(19-12-22(33-3)16(2)23(13-19)34-4)21-10-11-29(26(21)32)14-17-6-8-18(27)9-7-17/h1,6-9,12-13,15,21H,10-11,14H2,2-4H3. The monoisotopic (exact) mass is 493 g/mol. The van der Waals surface area contributed by atoms with Gasteiger partial charge in [0.25, 0.3) is 5.91 Å². The number of hydrogen-bond acceptors (Lipinski definition) is 6. The second kappa shape index (κ2) is 10.2. The number of terminal acetylenes is 1. The second-order valence-electron chi connectivity index (χ2n) is 8.02. The highest BCUT2D eigenvalue weighted by Crippen LogP contribution is 2.36. The maximum Gasteiger partial charge on any atom is 0.278 e. The van der Waals surface area contributed by atoms with E-state index in [9.17, 15) is 14.0 Å². The molecule has 1 atom stereocenters. The molecule has 0 N–H and O–H groups in total. The molecular formula is C26H24FN3O4S. The summed E-state index contributed by atoms with van der Waals surface area (Å²) in [5, 5.41) is 1.96. The summed E-state index contributed by atoms with van der Waals surface area (Å²) in [7, 11) is 3.06. The lowest BCUT2D eigenvalue weighted by molar-refractivity contribution is -0.129. The van der Waals surface area contributed by atoms with Crippen molar-refractivity contribution in [1.82, 2.24) is 9.88 Å². The van der Waals surface area contributed by atoms with Gasteiger partial charge in [0.05, 0.1) is 19.9 Å². The number of rotatable bonds is 7. The molecule has 0 bridgehead atoms. The molecule has 0 spiro atoms.